The Hall–Kier alpha value is -4.55. The number of aryl methyl sites for hydroxylation is 2. The molecule has 1 fully saturated rings. The van der Waals surface area contributed by atoms with Gasteiger partial charge in [-0.3, -0.25) is 29.1 Å². The lowest BCUT2D eigenvalue weighted by atomic mass is 10.1. The van der Waals surface area contributed by atoms with E-state index >= 15 is 0 Å². The second kappa shape index (κ2) is 10.1. The van der Waals surface area contributed by atoms with Gasteiger partial charge in [-0.2, -0.15) is 0 Å². The molecule has 200 valence electrons. The minimum absolute atomic E-state index is 0.0726. The molecule has 0 radical (unpaired) electrons. The van der Waals surface area contributed by atoms with E-state index in [1.807, 2.05) is 0 Å². The molecule has 2 aromatic heterocycles. The van der Waals surface area contributed by atoms with Crippen LogP contribution < -0.4 is 21.5 Å². The third-order valence-electron chi connectivity index (χ3n) is 5.71. The number of carbonyl (C=O) groups is 4. The number of rotatable bonds is 5. The molecule has 3 N–H and O–H groups in total. The number of ether oxygens (including phenoxy) is 1. The van der Waals surface area contributed by atoms with Gasteiger partial charge >= 0.3 is 6.09 Å². The average molecular weight is 525 g/mol. The standard InChI is InChI=1S/C25H28N6O7/c1-12-20(37-18(27-12)11-26-24(36)38-25(3,4)5)22(34)29-15-8-6-7-14-19(15)28-13(2)31(23(14)35)16-9-10-17(32)30-21(16)33/h6-8,16H,9-11H2,1-5H3,(H,26,36)(H,29,34)(H,30,32,33). The zero-order valence-corrected chi connectivity index (χ0v) is 21.6. The molecule has 13 heteroatoms. The number of amides is 4. The Balaban J connectivity index is 1.57. The summed E-state index contributed by atoms with van der Waals surface area (Å²) < 4.78 is 12.0. The first-order valence-corrected chi connectivity index (χ1v) is 11.9. The van der Waals surface area contributed by atoms with Crippen LogP contribution in [-0.4, -0.2) is 44.0 Å². The molecule has 1 unspecified atom stereocenters. The number of imide groups is 1. The lowest BCUT2D eigenvalue weighted by Crippen LogP contribution is -2.45. The second-order valence-corrected chi connectivity index (χ2v) is 9.83. The van der Waals surface area contributed by atoms with Crippen LogP contribution in [0.2, 0.25) is 0 Å². The average Bonchev–Trinajstić information content (AvgIpc) is 3.19. The molecule has 0 spiro atoms. The van der Waals surface area contributed by atoms with E-state index in [2.05, 4.69) is 25.9 Å². The topological polar surface area (TPSA) is 175 Å². The number of oxazole rings is 1. The molecule has 4 rings (SSSR count). The van der Waals surface area contributed by atoms with Crippen LogP contribution in [-0.2, 0) is 20.9 Å². The predicted octanol–water partition coefficient (Wildman–Crippen LogP) is 2.26. The van der Waals surface area contributed by atoms with E-state index in [0.717, 1.165) is 0 Å². The third-order valence-corrected chi connectivity index (χ3v) is 5.71. The zero-order valence-electron chi connectivity index (χ0n) is 21.6. The molecule has 0 saturated carbocycles. The highest BCUT2D eigenvalue weighted by Crippen LogP contribution is 2.24. The maximum atomic E-state index is 13.3. The lowest BCUT2D eigenvalue weighted by molar-refractivity contribution is -0.135. The van der Waals surface area contributed by atoms with Crippen molar-refractivity contribution in [3.8, 4) is 0 Å². The van der Waals surface area contributed by atoms with Crippen molar-refractivity contribution >= 4 is 40.4 Å². The molecule has 0 aliphatic carbocycles. The Morgan fingerprint density at radius 3 is 2.61 bits per heavy atom. The second-order valence-electron chi connectivity index (χ2n) is 9.83. The van der Waals surface area contributed by atoms with Crippen LogP contribution in [0, 0.1) is 13.8 Å². The summed E-state index contributed by atoms with van der Waals surface area (Å²) in [6, 6.07) is 3.84. The highest BCUT2D eigenvalue weighted by molar-refractivity contribution is 6.07. The molecule has 3 aromatic rings. The van der Waals surface area contributed by atoms with Gasteiger partial charge in [-0.15, -0.1) is 0 Å². The molecule has 1 aliphatic heterocycles. The fourth-order valence-corrected chi connectivity index (χ4v) is 4.10. The number of aromatic nitrogens is 3. The van der Waals surface area contributed by atoms with Crippen molar-refractivity contribution in [2.45, 2.75) is 65.6 Å². The largest absolute Gasteiger partial charge is 0.444 e. The maximum absolute atomic E-state index is 13.3. The summed E-state index contributed by atoms with van der Waals surface area (Å²) in [7, 11) is 0. The molecule has 1 atom stereocenters. The van der Waals surface area contributed by atoms with Gasteiger partial charge in [0.25, 0.3) is 11.5 Å². The van der Waals surface area contributed by atoms with Crippen molar-refractivity contribution in [3.63, 3.8) is 0 Å². The van der Waals surface area contributed by atoms with E-state index in [-0.39, 0.29) is 59.4 Å². The number of fused-ring (bicyclic) bond motifs is 1. The molecule has 38 heavy (non-hydrogen) atoms. The number of hydrogen-bond donors (Lipinski definition) is 3. The number of anilines is 1. The van der Waals surface area contributed by atoms with Gasteiger partial charge < -0.3 is 19.8 Å². The highest BCUT2D eigenvalue weighted by Gasteiger charge is 2.31. The van der Waals surface area contributed by atoms with Crippen LogP contribution in [0.5, 0.6) is 0 Å². The molecule has 1 aliphatic rings. The first-order chi connectivity index (χ1) is 17.8. The van der Waals surface area contributed by atoms with Crippen molar-refractivity contribution in [3.05, 3.63) is 51.7 Å². The molecule has 1 aromatic carbocycles. The Morgan fingerprint density at radius 2 is 1.92 bits per heavy atom. The number of benzene rings is 1. The van der Waals surface area contributed by atoms with Crippen molar-refractivity contribution in [2.75, 3.05) is 5.32 Å². The van der Waals surface area contributed by atoms with Crippen LogP contribution in [0.3, 0.4) is 0 Å². The summed E-state index contributed by atoms with van der Waals surface area (Å²) in [5.74, 6) is -1.28. The van der Waals surface area contributed by atoms with Crippen LogP contribution in [0.25, 0.3) is 10.9 Å². The number of nitrogens with zero attached hydrogens (tertiary/aromatic N) is 3. The third kappa shape index (κ3) is 5.56. The van der Waals surface area contributed by atoms with Gasteiger partial charge in [-0.1, -0.05) is 6.07 Å². The maximum Gasteiger partial charge on any atom is 0.408 e. The van der Waals surface area contributed by atoms with Gasteiger partial charge in [-0.05, 0) is 53.2 Å². The predicted molar refractivity (Wildman–Crippen MR) is 134 cm³/mol. The Kier molecular flexibility index (Phi) is 7.03. The van der Waals surface area contributed by atoms with Crippen LogP contribution in [0.1, 0.15) is 67.6 Å². The number of nitrogens with one attached hydrogen (secondary N) is 3. The molecule has 1 saturated heterocycles. The number of para-hydroxylation sites is 1. The van der Waals surface area contributed by atoms with E-state index in [9.17, 15) is 24.0 Å². The zero-order chi connectivity index (χ0) is 27.8. The van der Waals surface area contributed by atoms with Crippen molar-refractivity contribution in [2.24, 2.45) is 0 Å². The minimum Gasteiger partial charge on any atom is -0.444 e. The summed E-state index contributed by atoms with van der Waals surface area (Å²) >= 11 is 0. The van der Waals surface area contributed by atoms with E-state index in [4.69, 9.17) is 9.15 Å². The van der Waals surface area contributed by atoms with E-state index in [0.29, 0.717) is 5.69 Å². The minimum atomic E-state index is -0.861. The number of piperidine rings is 1. The Bertz CT molecular complexity index is 1510. The molecule has 3 heterocycles. The molecular weight excluding hydrogens is 496 g/mol. The normalized spacial score (nSPS) is 15.8. The fraction of sp³-hybridized carbons (Fsp3) is 0.400. The van der Waals surface area contributed by atoms with Gasteiger partial charge in [0.15, 0.2) is 0 Å². The number of carbonyl (C=O) groups excluding carboxylic acids is 4. The molecular formula is C25H28N6O7. The van der Waals surface area contributed by atoms with Gasteiger partial charge in [0.1, 0.15) is 23.0 Å². The van der Waals surface area contributed by atoms with Crippen molar-refractivity contribution in [1.82, 2.24) is 25.2 Å². The summed E-state index contributed by atoms with van der Waals surface area (Å²) in [6.45, 7) is 8.28. The monoisotopic (exact) mass is 524 g/mol. The van der Waals surface area contributed by atoms with Gasteiger partial charge in [-0.25, -0.2) is 14.8 Å². The van der Waals surface area contributed by atoms with Crippen molar-refractivity contribution in [1.29, 1.82) is 0 Å². The fourth-order valence-electron chi connectivity index (χ4n) is 4.10. The number of hydrogen-bond acceptors (Lipinski definition) is 9. The first kappa shape index (κ1) is 26.5. The highest BCUT2D eigenvalue weighted by atomic mass is 16.6. The smallest absolute Gasteiger partial charge is 0.408 e. The molecule has 0 bridgehead atoms. The quantitative estimate of drug-likeness (QED) is 0.423. The van der Waals surface area contributed by atoms with Crippen molar-refractivity contribution < 1.29 is 28.3 Å². The summed E-state index contributed by atoms with van der Waals surface area (Å²) in [5.41, 5.74) is -0.349. The molecule has 4 amide bonds. The van der Waals surface area contributed by atoms with Gasteiger partial charge in [0.2, 0.25) is 23.5 Å². The van der Waals surface area contributed by atoms with E-state index in [1.54, 1.807) is 52.8 Å². The first-order valence-electron chi connectivity index (χ1n) is 11.9. The van der Waals surface area contributed by atoms with Crippen LogP contribution in [0.15, 0.2) is 27.4 Å². The Labute approximate surface area is 217 Å². The van der Waals surface area contributed by atoms with E-state index < -0.39 is 35.1 Å². The molecule has 13 nitrogen and oxygen atoms in total. The number of alkyl carbamates (subject to hydrolysis) is 1. The van der Waals surface area contributed by atoms with E-state index in [1.165, 1.54) is 4.57 Å². The van der Waals surface area contributed by atoms with Gasteiger partial charge in [0, 0.05) is 6.42 Å². The Morgan fingerprint density at radius 1 is 1.18 bits per heavy atom. The van der Waals surface area contributed by atoms with Crippen LogP contribution >= 0.6 is 0 Å². The summed E-state index contributed by atoms with van der Waals surface area (Å²) in [6.07, 6.45) is -0.354. The van der Waals surface area contributed by atoms with Gasteiger partial charge in [0.05, 0.1) is 23.3 Å². The lowest BCUT2D eigenvalue weighted by Gasteiger charge is -2.24. The SMILES string of the molecule is Cc1nc(CNC(=O)OC(C)(C)C)oc1C(=O)Nc1cccc2c(=O)n(C3CCC(=O)NC3=O)c(C)nc12. The van der Waals surface area contributed by atoms with Crippen LogP contribution in [0.4, 0.5) is 10.5 Å². The summed E-state index contributed by atoms with van der Waals surface area (Å²) in [4.78, 5) is 70.8. The summed E-state index contributed by atoms with van der Waals surface area (Å²) in [5, 5.41) is 7.65.